The van der Waals surface area contributed by atoms with Gasteiger partial charge in [0.2, 0.25) is 5.91 Å². The molecule has 0 aliphatic carbocycles. The lowest BCUT2D eigenvalue weighted by atomic mass is 9.90. The van der Waals surface area contributed by atoms with Gasteiger partial charge < -0.3 is 15.0 Å². The van der Waals surface area contributed by atoms with E-state index < -0.39 is 6.04 Å². The Kier molecular flexibility index (Phi) is 8.89. The van der Waals surface area contributed by atoms with Crippen molar-refractivity contribution in [3.8, 4) is 0 Å². The third-order valence-corrected chi connectivity index (χ3v) is 7.63. The van der Waals surface area contributed by atoms with Crippen LogP contribution in [0, 0.1) is 5.92 Å². The maximum absolute atomic E-state index is 13.8. The van der Waals surface area contributed by atoms with Gasteiger partial charge in [0.05, 0.1) is 25.1 Å². The molecular formula is C33H37N5O3. The highest BCUT2D eigenvalue weighted by molar-refractivity contribution is 5.91. The third-order valence-electron chi connectivity index (χ3n) is 7.63. The van der Waals surface area contributed by atoms with Crippen molar-refractivity contribution in [3.63, 3.8) is 0 Å². The molecule has 1 atom stereocenters. The maximum Gasteiger partial charge on any atom is 0.328 e. The van der Waals surface area contributed by atoms with Crippen molar-refractivity contribution < 1.29 is 14.3 Å². The largest absolute Gasteiger partial charge is 0.467 e. The van der Waals surface area contributed by atoms with Gasteiger partial charge in [0.1, 0.15) is 17.7 Å². The van der Waals surface area contributed by atoms with Crippen LogP contribution in [-0.2, 0) is 20.9 Å². The van der Waals surface area contributed by atoms with E-state index in [-0.39, 0.29) is 23.7 Å². The average Bonchev–Trinajstić information content (AvgIpc) is 3.00. The minimum atomic E-state index is -0.525. The predicted octanol–water partition coefficient (Wildman–Crippen LogP) is 4.72. The summed E-state index contributed by atoms with van der Waals surface area (Å²) in [6.07, 6.45) is 0. The molecule has 3 aromatic carbocycles. The van der Waals surface area contributed by atoms with E-state index in [9.17, 15) is 9.59 Å². The van der Waals surface area contributed by atoms with Gasteiger partial charge >= 0.3 is 5.97 Å². The molecule has 0 spiro atoms. The van der Waals surface area contributed by atoms with E-state index in [1.165, 1.54) is 7.11 Å². The summed E-state index contributed by atoms with van der Waals surface area (Å²) in [7, 11) is 1.40. The van der Waals surface area contributed by atoms with Crippen LogP contribution in [0.5, 0.6) is 0 Å². The molecule has 1 saturated heterocycles. The number of hydrogen-bond acceptors (Lipinski definition) is 7. The first-order valence-electron chi connectivity index (χ1n) is 14.2. The van der Waals surface area contributed by atoms with Crippen molar-refractivity contribution in [3.05, 3.63) is 102 Å². The number of rotatable bonds is 9. The Morgan fingerprint density at radius 2 is 1.41 bits per heavy atom. The normalized spacial score (nSPS) is 14.8. The van der Waals surface area contributed by atoms with Crippen LogP contribution in [0.15, 0.2) is 84.9 Å². The van der Waals surface area contributed by atoms with E-state index in [1.54, 1.807) is 0 Å². The number of carbonyl (C=O) groups is 2. The molecular weight excluding hydrogens is 514 g/mol. The van der Waals surface area contributed by atoms with Gasteiger partial charge in [-0.3, -0.25) is 9.69 Å². The molecule has 1 aliphatic heterocycles. The van der Waals surface area contributed by atoms with Gasteiger partial charge in [-0.2, -0.15) is 0 Å². The zero-order valence-corrected chi connectivity index (χ0v) is 23.9. The minimum absolute atomic E-state index is 0.0147. The highest BCUT2D eigenvalue weighted by Gasteiger charge is 2.30. The monoisotopic (exact) mass is 551 g/mol. The fourth-order valence-corrected chi connectivity index (χ4v) is 5.35. The summed E-state index contributed by atoms with van der Waals surface area (Å²) in [6.45, 7) is 7.19. The fraction of sp³-hybridized carbons (Fsp3) is 0.333. The van der Waals surface area contributed by atoms with Crippen LogP contribution >= 0.6 is 0 Å². The molecule has 0 saturated carbocycles. The number of fused-ring (bicyclic) bond motifs is 1. The van der Waals surface area contributed by atoms with Crippen molar-refractivity contribution >= 4 is 28.6 Å². The molecule has 0 unspecified atom stereocenters. The highest BCUT2D eigenvalue weighted by Crippen LogP contribution is 2.28. The Morgan fingerprint density at radius 3 is 2.00 bits per heavy atom. The summed E-state index contributed by atoms with van der Waals surface area (Å²) in [5.41, 5.74) is 2.82. The Balaban J connectivity index is 1.31. The number of hydrogen-bond donors (Lipinski definition) is 1. The molecule has 4 aromatic rings. The van der Waals surface area contributed by atoms with Crippen LogP contribution in [-0.4, -0.2) is 71.0 Å². The van der Waals surface area contributed by atoms with Crippen LogP contribution in [0.3, 0.4) is 0 Å². The van der Waals surface area contributed by atoms with Gasteiger partial charge in [-0.1, -0.05) is 86.6 Å². The second-order valence-corrected chi connectivity index (χ2v) is 10.8. The van der Waals surface area contributed by atoms with Crippen LogP contribution in [0.4, 0.5) is 5.82 Å². The lowest BCUT2D eigenvalue weighted by molar-refractivity contribution is -0.142. The number of ether oxygens (including phenoxy) is 1. The molecule has 1 N–H and O–H groups in total. The van der Waals surface area contributed by atoms with E-state index >= 15 is 0 Å². The summed E-state index contributed by atoms with van der Waals surface area (Å²) < 4.78 is 5.03. The lowest BCUT2D eigenvalue weighted by Crippen LogP contribution is -2.49. The van der Waals surface area contributed by atoms with Crippen molar-refractivity contribution in [2.75, 3.05) is 38.6 Å². The fourth-order valence-electron chi connectivity index (χ4n) is 5.35. The molecule has 41 heavy (non-hydrogen) atoms. The van der Waals surface area contributed by atoms with E-state index in [1.807, 2.05) is 104 Å². The predicted molar refractivity (Wildman–Crippen MR) is 160 cm³/mol. The number of methoxy groups -OCH3 is 1. The van der Waals surface area contributed by atoms with Gasteiger partial charge in [0.15, 0.2) is 0 Å². The second kappa shape index (κ2) is 12.9. The van der Waals surface area contributed by atoms with Gasteiger partial charge in [-0.15, -0.1) is 0 Å². The Morgan fingerprint density at radius 1 is 0.829 bits per heavy atom. The summed E-state index contributed by atoms with van der Waals surface area (Å²) >= 11 is 0. The van der Waals surface area contributed by atoms with Crippen LogP contribution < -0.4 is 5.32 Å². The highest BCUT2D eigenvalue weighted by atomic mass is 16.5. The number of aromatic nitrogens is 2. The van der Waals surface area contributed by atoms with E-state index in [2.05, 4.69) is 10.2 Å². The quantitative estimate of drug-likeness (QED) is 0.301. The molecule has 2 heterocycles. The first-order chi connectivity index (χ1) is 19.9. The van der Waals surface area contributed by atoms with E-state index in [0.29, 0.717) is 31.3 Å². The van der Waals surface area contributed by atoms with Crippen molar-refractivity contribution in [2.24, 2.45) is 5.92 Å². The summed E-state index contributed by atoms with van der Waals surface area (Å²) in [5.74, 6) is 0.778. The Labute approximate surface area is 241 Å². The summed E-state index contributed by atoms with van der Waals surface area (Å²) in [4.78, 5) is 40.2. The van der Waals surface area contributed by atoms with Crippen LogP contribution in [0.1, 0.15) is 36.7 Å². The molecule has 0 radical (unpaired) electrons. The minimum Gasteiger partial charge on any atom is -0.467 e. The second-order valence-electron chi connectivity index (χ2n) is 10.8. The van der Waals surface area contributed by atoms with Crippen molar-refractivity contribution in [1.29, 1.82) is 0 Å². The summed E-state index contributed by atoms with van der Waals surface area (Å²) in [6, 6.07) is 27.3. The number of anilines is 1. The first kappa shape index (κ1) is 28.2. The van der Waals surface area contributed by atoms with Crippen LogP contribution in [0.25, 0.3) is 10.9 Å². The number of benzene rings is 3. The lowest BCUT2D eigenvalue weighted by Gasteiger charge is -2.36. The number of nitrogens with zero attached hydrogens (tertiary/aromatic N) is 4. The van der Waals surface area contributed by atoms with Crippen molar-refractivity contribution in [2.45, 2.75) is 32.4 Å². The third kappa shape index (κ3) is 6.55. The van der Waals surface area contributed by atoms with Gasteiger partial charge in [-0.05, 0) is 29.2 Å². The molecule has 1 aliphatic rings. The number of piperazine rings is 1. The van der Waals surface area contributed by atoms with E-state index in [4.69, 9.17) is 14.7 Å². The molecule has 8 heteroatoms. The Hall–Kier alpha value is -4.30. The smallest absolute Gasteiger partial charge is 0.328 e. The van der Waals surface area contributed by atoms with Gasteiger partial charge in [-0.25, -0.2) is 14.8 Å². The number of esters is 1. The SMILES string of the molecule is COC(=O)[C@@H](Nc1nc(CN2CCN(C(=O)C(c3ccccc3)c3ccccc3)CC2)nc2ccccc12)C(C)C. The first-order valence-corrected chi connectivity index (χ1v) is 14.2. The van der Waals surface area contributed by atoms with Crippen molar-refractivity contribution in [1.82, 2.24) is 19.8 Å². The zero-order chi connectivity index (χ0) is 28.8. The molecule has 1 fully saturated rings. The molecule has 1 aromatic heterocycles. The van der Waals surface area contributed by atoms with E-state index in [0.717, 1.165) is 35.1 Å². The van der Waals surface area contributed by atoms with Gasteiger partial charge in [0, 0.05) is 31.6 Å². The maximum atomic E-state index is 13.8. The zero-order valence-electron chi connectivity index (χ0n) is 23.9. The number of carbonyl (C=O) groups excluding carboxylic acids is 2. The molecule has 212 valence electrons. The molecule has 8 nitrogen and oxygen atoms in total. The number of nitrogens with one attached hydrogen (secondary N) is 1. The summed E-state index contributed by atoms with van der Waals surface area (Å²) in [5, 5.41) is 4.17. The van der Waals surface area contributed by atoms with Gasteiger partial charge in [0.25, 0.3) is 0 Å². The topological polar surface area (TPSA) is 87.7 Å². The number of amides is 1. The standard InChI is InChI=1S/C33H37N5O3/c1-23(2)30(33(40)41-3)36-31-26-16-10-11-17-27(26)34-28(35-31)22-37-18-20-38(21-19-37)32(39)29(24-12-6-4-7-13-24)25-14-8-5-9-15-25/h4-17,23,29-30H,18-22H2,1-3H3,(H,34,35,36)/t30-/m0/s1. The Bertz CT molecular complexity index is 1430. The average molecular weight is 552 g/mol. The number of para-hydroxylation sites is 1. The molecule has 5 rings (SSSR count). The molecule has 1 amide bonds. The molecule has 0 bridgehead atoms. The van der Waals surface area contributed by atoms with Crippen LogP contribution in [0.2, 0.25) is 0 Å².